The van der Waals surface area contributed by atoms with Gasteiger partial charge in [-0.3, -0.25) is 9.69 Å². The van der Waals surface area contributed by atoms with Gasteiger partial charge in [-0.1, -0.05) is 54.1 Å². The molecule has 3 rings (SSSR count). The van der Waals surface area contributed by atoms with Gasteiger partial charge in [0.25, 0.3) is 0 Å². The van der Waals surface area contributed by atoms with Gasteiger partial charge < -0.3 is 15.8 Å². The first kappa shape index (κ1) is 18.6. The number of morpholine rings is 1. The average molecular weight is 353 g/mol. The van der Waals surface area contributed by atoms with Crippen LogP contribution >= 0.6 is 0 Å². The number of hydrogen-bond acceptors (Lipinski definition) is 4. The molecule has 0 aliphatic carbocycles. The van der Waals surface area contributed by atoms with Crippen LogP contribution in [0.2, 0.25) is 0 Å². The first-order chi connectivity index (χ1) is 12.6. The monoisotopic (exact) mass is 353 g/mol. The van der Waals surface area contributed by atoms with Crippen LogP contribution in [0.15, 0.2) is 48.5 Å². The molecule has 3 N–H and O–H groups in total. The Morgan fingerprint density at radius 3 is 2.46 bits per heavy atom. The molecule has 0 aromatic heterocycles. The maximum Gasteiger partial charge on any atom is 0.241 e. The van der Waals surface area contributed by atoms with E-state index in [1.807, 2.05) is 43.3 Å². The number of ether oxygens (including phenoxy) is 1. The molecule has 1 aliphatic heterocycles. The number of nitrogens with one attached hydrogen (secondary N) is 1. The number of nitrogens with zero attached hydrogens (tertiary/aromatic N) is 1. The lowest BCUT2D eigenvalue weighted by Gasteiger charge is -2.27. The van der Waals surface area contributed by atoms with E-state index in [1.165, 1.54) is 5.56 Å². The number of hydrogen-bond donors (Lipinski definition) is 2. The fraction of sp³-hybridized carbons (Fsp3) is 0.381. The molecule has 1 amide bonds. The Morgan fingerprint density at radius 2 is 1.77 bits per heavy atom. The molecule has 5 nitrogen and oxygen atoms in total. The highest BCUT2D eigenvalue weighted by atomic mass is 16.5. The predicted octanol–water partition coefficient (Wildman–Crippen LogP) is 2.14. The molecule has 1 atom stereocenters. The smallest absolute Gasteiger partial charge is 0.241 e. The minimum absolute atomic E-state index is 0.157. The van der Waals surface area contributed by atoms with Crippen LogP contribution < -0.4 is 11.1 Å². The summed E-state index contributed by atoms with van der Waals surface area (Å²) in [6, 6.07) is 15.3. The Balaban J connectivity index is 1.60. The van der Waals surface area contributed by atoms with Gasteiger partial charge in [-0.15, -0.1) is 0 Å². The minimum Gasteiger partial charge on any atom is -0.379 e. The van der Waals surface area contributed by atoms with Crippen LogP contribution in [-0.4, -0.2) is 37.1 Å². The summed E-state index contributed by atoms with van der Waals surface area (Å²) < 4.78 is 5.41. The van der Waals surface area contributed by atoms with Gasteiger partial charge in [-0.25, -0.2) is 0 Å². The Kier molecular flexibility index (Phi) is 6.39. The molecule has 0 bridgehead atoms. The van der Waals surface area contributed by atoms with Crippen LogP contribution in [0.5, 0.6) is 0 Å². The highest BCUT2D eigenvalue weighted by molar-refractivity contribution is 5.82. The predicted molar refractivity (Wildman–Crippen MR) is 102 cm³/mol. The zero-order chi connectivity index (χ0) is 18.4. The summed E-state index contributed by atoms with van der Waals surface area (Å²) in [7, 11) is 0. The van der Waals surface area contributed by atoms with Crippen LogP contribution in [0.4, 0.5) is 0 Å². The van der Waals surface area contributed by atoms with E-state index in [2.05, 4.69) is 22.3 Å². The number of carbonyl (C=O) groups is 1. The summed E-state index contributed by atoms with van der Waals surface area (Å²) in [6.07, 6.45) is 0. The van der Waals surface area contributed by atoms with E-state index in [0.29, 0.717) is 6.54 Å². The van der Waals surface area contributed by atoms with Crippen molar-refractivity contribution >= 4 is 5.91 Å². The van der Waals surface area contributed by atoms with Gasteiger partial charge in [0.1, 0.15) is 6.04 Å². The van der Waals surface area contributed by atoms with E-state index in [-0.39, 0.29) is 5.91 Å². The topological polar surface area (TPSA) is 67.6 Å². The van der Waals surface area contributed by atoms with E-state index < -0.39 is 6.04 Å². The average Bonchev–Trinajstić information content (AvgIpc) is 2.68. The first-order valence-corrected chi connectivity index (χ1v) is 9.10. The van der Waals surface area contributed by atoms with Crippen LogP contribution in [0.3, 0.4) is 0 Å². The summed E-state index contributed by atoms with van der Waals surface area (Å²) in [6.45, 7) is 6.83. The van der Waals surface area contributed by atoms with E-state index >= 15 is 0 Å². The number of benzene rings is 2. The molecule has 1 fully saturated rings. The lowest BCUT2D eigenvalue weighted by Crippen LogP contribution is -2.36. The third-order valence-corrected chi connectivity index (χ3v) is 4.79. The number of rotatable bonds is 6. The van der Waals surface area contributed by atoms with Crippen LogP contribution in [-0.2, 0) is 22.6 Å². The lowest BCUT2D eigenvalue weighted by molar-refractivity contribution is -0.122. The van der Waals surface area contributed by atoms with Gasteiger partial charge in [-0.2, -0.15) is 0 Å². The van der Waals surface area contributed by atoms with Gasteiger partial charge >= 0.3 is 0 Å². The molecule has 1 saturated heterocycles. The third kappa shape index (κ3) is 4.91. The van der Waals surface area contributed by atoms with Crippen LogP contribution in [0.1, 0.15) is 28.3 Å². The zero-order valence-electron chi connectivity index (χ0n) is 15.3. The fourth-order valence-electron chi connectivity index (χ4n) is 3.10. The molecule has 0 saturated carbocycles. The third-order valence-electron chi connectivity index (χ3n) is 4.79. The Labute approximate surface area is 155 Å². The molecular formula is C21H27N3O2. The maximum absolute atomic E-state index is 12.4. The molecule has 0 radical (unpaired) electrons. The second-order valence-corrected chi connectivity index (χ2v) is 6.76. The highest BCUT2D eigenvalue weighted by Gasteiger charge is 2.17. The number of nitrogens with two attached hydrogens (primary N) is 1. The molecule has 138 valence electrons. The normalized spacial score (nSPS) is 16.2. The molecule has 5 heteroatoms. The van der Waals surface area contributed by atoms with E-state index in [9.17, 15) is 4.79 Å². The van der Waals surface area contributed by atoms with Crippen molar-refractivity contribution in [1.29, 1.82) is 0 Å². The van der Waals surface area contributed by atoms with E-state index in [1.54, 1.807) is 0 Å². The van der Waals surface area contributed by atoms with Crippen molar-refractivity contribution in [3.05, 3.63) is 70.8 Å². The van der Waals surface area contributed by atoms with Gasteiger partial charge in [0.05, 0.1) is 13.2 Å². The molecule has 2 aromatic carbocycles. The molecule has 1 aliphatic rings. The van der Waals surface area contributed by atoms with Crippen molar-refractivity contribution in [3.8, 4) is 0 Å². The van der Waals surface area contributed by atoms with Crippen molar-refractivity contribution in [3.63, 3.8) is 0 Å². The van der Waals surface area contributed by atoms with Crippen molar-refractivity contribution in [2.45, 2.75) is 26.1 Å². The first-order valence-electron chi connectivity index (χ1n) is 9.10. The van der Waals surface area contributed by atoms with Crippen molar-refractivity contribution in [1.82, 2.24) is 10.2 Å². The SMILES string of the molecule is Cc1ccc(C(N)C(=O)NCc2ccccc2CN2CCOCC2)cc1. The molecule has 1 heterocycles. The van der Waals surface area contributed by atoms with Gasteiger partial charge in [-0.05, 0) is 23.6 Å². The second-order valence-electron chi connectivity index (χ2n) is 6.76. The van der Waals surface area contributed by atoms with Gasteiger partial charge in [0.15, 0.2) is 0 Å². The number of amides is 1. The maximum atomic E-state index is 12.4. The summed E-state index contributed by atoms with van der Waals surface area (Å²) in [5, 5.41) is 2.98. The number of aryl methyl sites for hydroxylation is 1. The van der Waals surface area contributed by atoms with Gasteiger partial charge in [0, 0.05) is 26.2 Å². The Hall–Kier alpha value is -2.21. The molecular weight excluding hydrogens is 326 g/mol. The van der Waals surface area contributed by atoms with Crippen molar-refractivity contribution in [2.75, 3.05) is 26.3 Å². The quantitative estimate of drug-likeness (QED) is 0.835. The lowest BCUT2D eigenvalue weighted by atomic mass is 10.0. The highest BCUT2D eigenvalue weighted by Crippen LogP contribution is 2.15. The van der Waals surface area contributed by atoms with E-state index in [4.69, 9.17) is 10.5 Å². The van der Waals surface area contributed by atoms with Crippen LogP contribution in [0, 0.1) is 6.92 Å². The second kappa shape index (κ2) is 8.94. The minimum atomic E-state index is -0.651. The largest absolute Gasteiger partial charge is 0.379 e. The summed E-state index contributed by atoms with van der Waals surface area (Å²) >= 11 is 0. The summed E-state index contributed by atoms with van der Waals surface area (Å²) in [5.41, 5.74) is 10.4. The molecule has 0 spiro atoms. The van der Waals surface area contributed by atoms with Crippen molar-refractivity contribution in [2.24, 2.45) is 5.73 Å². The zero-order valence-corrected chi connectivity index (χ0v) is 15.3. The molecule has 1 unspecified atom stereocenters. The number of carbonyl (C=O) groups excluding carboxylic acids is 1. The van der Waals surface area contributed by atoms with E-state index in [0.717, 1.165) is 49.5 Å². The fourth-order valence-corrected chi connectivity index (χ4v) is 3.10. The summed E-state index contributed by atoms with van der Waals surface area (Å²) in [4.78, 5) is 14.8. The Morgan fingerprint density at radius 1 is 1.12 bits per heavy atom. The molecule has 2 aromatic rings. The Bertz CT molecular complexity index is 724. The van der Waals surface area contributed by atoms with Crippen molar-refractivity contribution < 1.29 is 9.53 Å². The van der Waals surface area contributed by atoms with Gasteiger partial charge in [0.2, 0.25) is 5.91 Å². The van der Waals surface area contributed by atoms with Crippen LogP contribution in [0.25, 0.3) is 0 Å². The molecule has 26 heavy (non-hydrogen) atoms. The summed E-state index contributed by atoms with van der Waals surface area (Å²) in [5.74, 6) is -0.157. The standard InChI is InChI=1S/C21H27N3O2/c1-16-6-8-17(9-7-16)20(22)21(25)23-14-18-4-2-3-5-19(18)15-24-10-12-26-13-11-24/h2-9,20H,10-15,22H2,1H3,(H,23,25).